The van der Waals surface area contributed by atoms with E-state index in [0.29, 0.717) is 18.9 Å². The van der Waals surface area contributed by atoms with Crippen LogP contribution in [0.5, 0.6) is 0 Å². The van der Waals surface area contributed by atoms with Gasteiger partial charge in [0.05, 0.1) is 12.4 Å². The van der Waals surface area contributed by atoms with Gasteiger partial charge in [0.1, 0.15) is 11.5 Å². The van der Waals surface area contributed by atoms with Crippen molar-refractivity contribution >= 4 is 23.3 Å². The molecule has 0 radical (unpaired) electrons. The van der Waals surface area contributed by atoms with Crippen molar-refractivity contribution in [3.63, 3.8) is 0 Å². The second-order valence-corrected chi connectivity index (χ2v) is 6.07. The Morgan fingerprint density at radius 1 is 1.04 bits per heavy atom. The number of carbonyl (C=O) groups excluding carboxylic acids is 1. The number of aromatic nitrogens is 3. The smallest absolute Gasteiger partial charge is 0.271 e. The number of carbonyl (C=O) groups is 1. The van der Waals surface area contributed by atoms with Gasteiger partial charge in [-0.1, -0.05) is 29.8 Å². The number of halogens is 1. The number of amides is 1. The number of rotatable bonds is 7. The molecule has 3 aromatic rings. The minimum absolute atomic E-state index is 0.271. The van der Waals surface area contributed by atoms with Crippen LogP contribution in [-0.4, -0.2) is 27.4 Å². The molecule has 0 spiro atoms. The number of pyridine rings is 1. The van der Waals surface area contributed by atoms with Crippen molar-refractivity contribution in [2.45, 2.75) is 13.0 Å². The average Bonchev–Trinajstić information content (AvgIpc) is 2.67. The largest absolute Gasteiger partial charge is 0.368 e. The Bertz CT molecular complexity index is 855. The van der Waals surface area contributed by atoms with Crippen LogP contribution in [0.15, 0.2) is 61.2 Å². The predicted octanol–water partition coefficient (Wildman–Crippen LogP) is 3.11. The van der Waals surface area contributed by atoms with E-state index in [-0.39, 0.29) is 11.6 Å². The van der Waals surface area contributed by atoms with Gasteiger partial charge in [0.15, 0.2) is 0 Å². The summed E-state index contributed by atoms with van der Waals surface area (Å²) in [5.74, 6) is 0.350. The van der Waals surface area contributed by atoms with Crippen LogP contribution >= 0.6 is 11.6 Å². The Labute approximate surface area is 156 Å². The van der Waals surface area contributed by atoms with Crippen molar-refractivity contribution in [2.75, 3.05) is 11.9 Å². The fourth-order valence-corrected chi connectivity index (χ4v) is 2.55. The third kappa shape index (κ3) is 5.26. The zero-order valence-corrected chi connectivity index (χ0v) is 14.8. The maximum Gasteiger partial charge on any atom is 0.271 e. The summed E-state index contributed by atoms with van der Waals surface area (Å²) in [5, 5.41) is 6.70. The molecule has 6 nitrogen and oxygen atoms in total. The van der Waals surface area contributed by atoms with Crippen molar-refractivity contribution in [1.82, 2.24) is 20.3 Å². The van der Waals surface area contributed by atoms with E-state index in [0.717, 1.165) is 22.6 Å². The first-order chi connectivity index (χ1) is 12.7. The molecule has 1 amide bonds. The van der Waals surface area contributed by atoms with Crippen molar-refractivity contribution in [2.24, 2.45) is 0 Å². The third-order valence-electron chi connectivity index (χ3n) is 3.67. The van der Waals surface area contributed by atoms with Gasteiger partial charge >= 0.3 is 0 Å². The van der Waals surface area contributed by atoms with E-state index in [1.54, 1.807) is 18.6 Å². The summed E-state index contributed by atoms with van der Waals surface area (Å²) in [6.07, 6.45) is 7.22. The zero-order chi connectivity index (χ0) is 18.2. The van der Waals surface area contributed by atoms with E-state index in [4.69, 9.17) is 11.6 Å². The minimum atomic E-state index is -0.271. The molecule has 0 saturated heterocycles. The Morgan fingerprint density at radius 2 is 1.92 bits per heavy atom. The number of hydrogen-bond donors (Lipinski definition) is 2. The number of nitrogens with zero attached hydrogens (tertiary/aromatic N) is 3. The quantitative estimate of drug-likeness (QED) is 0.670. The van der Waals surface area contributed by atoms with Crippen LogP contribution in [0.4, 0.5) is 5.82 Å². The Hall–Kier alpha value is -2.99. The molecule has 0 saturated carbocycles. The summed E-state index contributed by atoms with van der Waals surface area (Å²) in [6.45, 7) is 1.09. The summed E-state index contributed by atoms with van der Waals surface area (Å²) in [5.41, 5.74) is 2.34. The van der Waals surface area contributed by atoms with Crippen molar-refractivity contribution in [3.8, 4) is 0 Å². The van der Waals surface area contributed by atoms with Crippen LogP contribution in [0.1, 0.15) is 21.6 Å². The van der Waals surface area contributed by atoms with Gasteiger partial charge in [-0.2, -0.15) is 0 Å². The molecular weight excluding hydrogens is 350 g/mol. The maximum absolute atomic E-state index is 12.1. The van der Waals surface area contributed by atoms with Crippen molar-refractivity contribution in [3.05, 3.63) is 83.0 Å². The summed E-state index contributed by atoms with van der Waals surface area (Å²) in [7, 11) is 0. The molecule has 0 aliphatic heterocycles. The first-order valence-electron chi connectivity index (χ1n) is 8.18. The second kappa shape index (κ2) is 8.92. The molecule has 3 rings (SSSR count). The highest BCUT2D eigenvalue weighted by molar-refractivity contribution is 6.30. The van der Waals surface area contributed by atoms with Crippen LogP contribution in [0.3, 0.4) is 0 Å². The molecule has 0 bridgehead atoms. The van der Waals surface area contributed by atoms with Crippen LogP contribution < -0.4 is 10.6 Å². The van der Waals surface area contributed by atoms with Gasteiger partial charge in [-0.25, -0.2) is 9.97 Å². The third-order valence-corrected chi connectivity index (χ3v) is 3.90. The van der Waals surface area contributed by atoms with Gasteiger partial charge in [-0.05, 0) is 35.7 Å². The van der Waals surface area contributed by atoms with E-state index in [1.165, 1.54) is 6.20 Å². The topological polar surface area (TPSA) is 79.8 Å². The van der Waals surface area contributed by atoms with Crippen LogP contribution in [0.25, 0.3) is 0 Å². The summed E-state index contributed by atoms with van der Waals surface area (Å²) < 4.78 is 0. The van der Waals surface area contributed by atoms with E-state index in [9.17, 15) is 4.79 Å². The first kappa shape index (κ1) is 17.8. The molecule has 2 aromatic heterocycles. The van der Waals surface area contributed by atoms with E-state index in [1.807, 2.05) is 36.4 Å². The highest BCUT2D eigenvalue weighted by Gasteiger charge is 2.07. The predicted molar refractivity (Wildman–Crippen MR) is 101 cm³/mol. The van der Waals surface area contributed by atoms with E-state index >= 15 is 0 Å². The molecule has 0 unspecified atom stereocenters. The molecule has 0 aliphatic rings. The molecular formula is C19H18ClN5O. The first-order valence-corrected chi connectivity index (χ1v) is 8.56. The minimum Gasteiger partial charge on any atom is -0.368 e. The highest BCUT2D eigenvalue weighted by Crippen LogP contribution is 2.11. The number of anilines is 1. The lowest BCUT2D eigenvalue weighted by Crippen LogP contribution is -2.24. The van der Waals surface area contributed by atoms with Crippen molar-refractivity contribution < 1.29 is 4.79 Å². The molecule has 26 heavy (non-hydrogen) atoms. The lowest BCUT2D eigenvalue weighted by Gasteiger charge is -2.07. The van der Waals surface area contributed by atoms with Crippen LogP contribution in [0, 0.1) is 0 Å². The van der Waals surface area contributed by atoms with Gasteiger partial charge < -0.3 is 10.6 Å². The summed E-state index contributed by atoms with van der Waals surface area (Å²) in [4.78, 5) is 24.5. The number of benzene rings is 1. The molecule has 1 aromatic carbocycles. The fourth-order valence-electron chi connectivity index (χ4n) is 2.34. The average molecular weight is 368 g/mol. The molecule has 0 aliphatic carbocycles. The van der Waals surface area contributed by atoms with Gasteiger partial charge in [-0.3, -0.25) is 9.78 Å². The SMILES string of the molecule is O=C(NCc1cccnc1)c1cnc(NCCc2cccc(Cl)c2)cn1. The van der Waals surface area contributed by atoms with Crippen molar-refractivity contribution in [1.29, 1.82) is 0 Å². The molecule has 2 N–H and O–H groups in total. The Kier molecular flexibility index (Phi) is 6.11. The van der Waals surface area contributed by atoms with Gasteiger partial charge in [0, 0.05) is 30.5 Å². The van der Waals surface area contributed by atoms with Gasteiger partial charge in [0.2, 0.25) is 0 Å². The highest BCUT2D eigenvalue weighted by atomic mass is 35.5. The fraction of sp³-hybridized carbons (Fsp3) is 0.158. The van der Waals surface area contributed by atoms with Gasteiger partial charge in [-0.15, -0.1) is 0 Å². The molecule has 2 heterocycles. The summed E-state index contributed by atoms with van der Waals surface area (Å²) in [6, 6.07) is 11.5. The normalized spacial score (nSPS) is 10.3. The lowest BCUT2D eigenvalue weighted by molar-refractivity contribution is 0.0945. The lowest BCUT2D eigenvalue weighted by atomic mass is 10.1. The number of hydrogen-bond acceptors (Lipinski definition) is 5. The van der Waals surface area contributed by atoms with Crippen LogP contribution in [-0.2, 0) is 13.0 Å². The molecule has 132 valence electrons. The Morgan fingerprint density at radius 3 is 2.65 bits per heavy atom. The van der Waals surface area contributed by atoms with Crippen LogP contribution in [0.2, 0.25) is 5.02 Å². The maximum atomic E-state index is 12.1. The molecule has 0 atom stereocenters. The standard InChI is InChI=1S/C19H18ClN5O/c20-16-5-1-3-14(9-16)6-8-22-18-13-23-17(12-24-18)19(26)25-11-15-4-2-7-21-10-15/h1-5,7,9-10,12-13H,6,8,11H2,(H,22,24)(H,25,26). The van der Waals surface area contributed by atoms with E-state index < -0.39 is 0 Å². The molecule has 0 fully saturated rings. The molecule has 7 heteroatoms. The zero-order valence-electron chi connectivity index (χ0n) is 14.0. The summed E-state index contributed by atoms with van der Waals surface area (Å²) >= 11 is 5.97. The monoisotopic (exact) mass is 367 g/mol. The number of nitrogens with one attached hydrogen (secondary N) is 2. The van der Waals surface area contributed by atoms with E-state index in [2.05, 4.69) is 25.6 Å². The second-order valence-electron chi connectivity index (χ2n) is 5.64. The Balaban J connectivity index is 1.47. The van der Waals surface area contributed by atoms with Gasteiger partial charge in [0.25, 0.3) is 5.91 Å².